The van der Waals surface area contributed by atoms with Crippen LogP contribution in [-0.2, 0) is 0 Å². The second kappa shape index (κ2) is 5.93. The molecule has 0 aromatic heterocycles. The van der Waals surface area contributed by atoms with E-state index >= 15 is 0 Å². The zero-order valence-electron chi connectivity index (χ0n) is 10.3. The Morgan fingerprint density at radius 1 is 1.21 bits per heavy atom. The van der Waals surface area contributed by atoms with Crippen LogP contribution in [0.15, 0.2) is 24.3 Å². The van der Waals surface area contributed by atoms with E-state index in [1.54, 1.807) is 29.2 Å². The molecule has 0 aliphatic carbocycles. The topological polar surface area (TPSA) is 69.6 Å². The summed E-state index contributed by atoms with van der Waals surface area (Å²) >= 11 is 5.78. The summed E-state index contributed by atoms with van der Waals surface area (Å²) in [4.78, 5) is 24.5. The maximum Gasteiger partial charge on any atom is 0.404 e. The first-order valence-corrected chi connectivity index (χ1v) is 6.48. The molecule has 1 saturated heterocycles. The molecular weight excluding hydrogens is 268 g/mol. The van der Waals surface area contributed by atoms with E-state index in [2.05, 4.69) is 5.32 Å². The maximum atomic E-state index is 12.2. The van der Waals surface area contributed by atoms with Crippen molar-refractivity contribution in [3.8, 4) is 0 Å². The van der Waals surface area contributed by atoms with Crippen molar-refractivity contribution in [1.29, 1.82) is 0 Å². The van der Waals surface area contributed by atoms with Gasteiger partial charge in [-0.2, -0.15) is 0 Å². The summed E-state index contributed by atoms with van der Waals surface area (Å²) in [6.45, 7) is 1.12. The largest absolute Gasteiger partial charge is 0.465 e. The van der Waals surface area contributed by atoms with Crippen LogP contribution in [0.3, 0.4) is 0 Å². The first-order chi connectivity index (χ1) is 9.06. The van der Waals surface area contributed by atoms with Gasteiger partial charge in [-0.3, -0.25) is 4.79 Å². The molecule has 6 heteroatoms. The van der Waals surface area contributed by atoms with Crippen LogP contribution < -0.4 is 5.32 Å². The molecule has 1 fully saturated rings. The van der Waals surface area contributed by atoms with Crippen molar-refractivity contribution in [2.45, 2.75) is 18.9 Å². The SMILES string of the molecule is O=C(O)NC1CCN(C(=O)c2ccc(Cl)cc2)CC1. The molecule has 102 valence electrons. The van der Waals surface area contributed by atoms with Gasteiger partial charge in [0.25, 0.3) is 5.91 Å². The number of carboxylic acid groups (broad SMARTS) is 1. The van der Waals surface area contributed by atoms with E-state index in [0.717, 1.165) is 0 Å². The lowest BCUT2D eigenvalue weighted by Gasteiger charge is -2.31. The number of hydrogen-bond acceptors (Lipinski definition) is 2. The van der Waals surface area contributed by atoms with Gasteiger partial charge in [0.2, 0.25) is 0 Å². The molecule has 2 amide bonds. The van der Waals surface area contributed by atoms with Crippen molar-refractivity contribution in [3.63, 3.8) is 0 Å². The zero-order chi connectivity index (χ0) is 13.8. The Kier molecular flexibility index (Phi) is 4.27. The molecule has 1 aromatic rings. The van der Waals surface area contributed by atoms with Gasteiger partial charge in [0, 0.05) is 29.7 Å². The van der Waals surface area contributed by atoms with Crippen molar-refractivity contribution in [2.24, 2.45) is 0 Å². The molecule has 1 aromatic carbocycles. The molecule has 1 aliphatic heterocycles. The third-order valence-corrected chi connectivity index (χ3v) is 3.45. The fourth-order valence-electron chi connectivity index (χ4n) is 2.18. The van der Waals surface area contributed by atoms with Gasteiger partial charge >= 0.3 is 6.09 Å². The van der Waals surface area contributed by atoms with E-state index in [1.807, 2.05) is 0 Å². The van der Waals surface area contributed by atoms with E-state index in [9.17, 15) is 9.59 Å². The van der Waals surface area contributed by atoms with Crippen LogP contribution in [0.25, 0.3) is 0 Å². The standard InChI is InChI=1S/C13H15ClN2O3/c14-10-3-1-9(2-4-10)12(17)16-7-5-11(6-8-16)15-13(18)19/h1-4,11,15H,5-8H2,(H,18,19). The number of halogens is 1. The predicted octanol–water partition coefficient (Wildman–Crippen LogP) is 2.21. The van der Waals surface area contributed by atoms with Gasteiger partial charge in [-0.05, 0) is 37.1 Å². The molecule has 0 spiro atoms. The van der Waals surface area contributed by atoms with Gasteiger partial charge in [0.15, 0.2) is 0 Å². The second-order valence-electron chi connectivity index (χ2n) is 4.52. The fourth-order valence-corrected chi connectivity index (χ4v) is 2.30. The van der Waals surface area contributed by atoms with Crippen molar-refractivity contribution < 1.29 is 14.7 Å². The van der Waals surface area contributed by atoms with Crippen molar-refractivity contribution >= 4 is 23.6 Å². The Hall–Kier alpha value is -1.75. The molecular formula is C13H15ClN2O3. The minimum absolute atomic E-state index is 0.0366. The summed E-state index contributed by atoms with van der Waals surface area (Å²) in [6, 6.07) is 6.71. The quantitative estimate of drug-likeness (QED) is 0.874. The highest BCUT2D eigenvalue weighted by Gasteiger charge is 2.24. The number of carbonyl (C=O) groups is 2. The number of amides is 2. The number of carbonyl (C=O) groups excluding carboxylic acids is 1. The number of likely N-dealkylation sites (tertiary alicyclic amines) is 1. The molecule has 0 unspecified atom stereocenters. The van der Waals surface area contributed by atoms with E-state index < -0.39 is 6.09 Å². The molecule has 0 bridgehead atoms. The highest BCUT2D eigenvalue weighted by molar-refractivity contribution is 6.30. The number of nitrogens with zero attached hydrogens (tertiary/aromatic N) is 1. The highest BCUT2D eigenvalue weighted by Crippen LogP contribution is 2.16. The first kappa shape index (κ1) is 13.7. The summed E-state index contributed by atoms with van der Waals surface area (Å²) in [5, 5.41) is 11.7. The summed E-state index contributed by atoms with van der Waals surface area (Å²) in [6.07, 6.45) is 0.277. The fraction of sp³-hybridized carbons (Fsp3) is 0.385. The Balaban J connectivity index is 1.92. The molecule has 1 aliphatic rings. The number of piperidine rings is 1. The maximum absolute atomic E-state index is 12.2. The van der Waals surface area contributed by atoms with E-state index in [-0.39, 0.29) is 11.9 Å². The van der Waals surface area contributed by atoms with Crippen molar-refractivity contribution in [1.82, 2.24) is 10.2 Å². The molecule has 2 N–H and O–H groups in total. The van der Waals surface area contributed by atoms with Crippen LogP contribution in [0.4, 0.5) is 4.79 Å². The van der Waals surface area contributed by atoms with Crippen LogP contribution in [0, 0.1) is 0 Å². The monoisotopic (exact) mass is 282 g/mol. The third-order valence-electron chi connectivity index (χ3n) is 3.20. The molecule has 0 saturated carbocycles. The summed E-state index contributed by atoms with van der Waals surface area (Å²) in [5.74, 6) is -0.0366. The molecule has 2 rings (SSSR count). The zero-order valence-corrected chi connectivity index (χ0v) is 11.1. The van der Waals surface area contributed by atoms with Crippen LogP contribution >= 0.6 is 11.6 Å². The number of hydrogen-bond donors (Lipinski definition) is 2. The summed E-state index contributed by atoms with van der Waals surface area (Å²) < 4.78 is 0. The Labute approximate surface area is 116 Å². The van der Waals surface area contributed by atoms with Crippen molar-refractivity contribution in [3.05, 3.63) is 34.9 Å². The Morgan fingerprint density at radius 2 is 1.79 bits per heavy atom. The average molecular weight is 283 g/mol. The van der Waals surface area contributed by atoms with E-state index in [1.165, 1.54) is 0 Å². The lowest BCUT2D eigenvalue weighted by atomic mass is 10.0. The first-order valence-electron chi connectivity index (χ1n) is 6.10. The predicted molar refractivity (Wildman–Crippen MR) is 71.5 cm³/mol. The lowest BCUT2D eigenvalue weighted by molar-refractivity contribution is 0.0706. The van der Waals surface area contributed by atoms with Crippen LogP contribution in [0.5, 0.6) is 0 Å². The summed E-state index contributed by atoms with van der Waals surface area (Å²) in [7, 11) is 0. The number of nitrogens with one attached hydrogen (secondary N) is 1. The van der Waals surface area contributed by atoms with E-state index in [4.69, 9.17) is 16.7 Å². The van der Waals surface area contributed by atoms with Gasteiger partial charge in [-0.25, -0.2) is 4.79 Å². The third kappa shape index (κ3) is 3.61. The highest BCUT2D eigenvalue weighted by atomic mass is 35.5. The smallest absolute Gasteiger partial charge is 0.404 e. The minimum atomic E-state index is -1.01. The Bertz CT molecular complexity index is 467. The summed E-state index contributed by atoms with van der Waals surface area (Å²) in [5.41, 5.74) is 0.606. The molecule has 1 heterocycles. The van der Waals surface area contributed by atoms with Gasteiger partial charge in [-0.15, -0.1) is 0 Å². The average Bonchev–Trinajstić information content (AvgIpc) is 2.39. The second-order valence-corrected chi connectivity index (χ2v) is 4.96. The molecule has 5 nitrogen and oxygen atoms in total. The molecule has 0 atom stereocenters. The van der Waals surface area contributed by atoms with Gasteiger partial charge in [-0.1, -0.05) is 11.6 Å². The van der Waals surface area contributed by atoms with Crippen LogP contribution in [0.2, 0.25) is 5.02 Å². The lowest BCUT2D eigenvalue weighted by Crippen LogP contribution is -2.46. The van der Waals surface area contributed by atoms with Crippen LogP contribution in [0.1, 0.15) is 23.2 Å². The van der Waals surface area contributed by atoms with Gasteiger partial charge < -0.3 is 15.3 Å². The molecule has 19 heavy (non-hydrogen) atoms. The number of benzene rings is 1. The molecule has 0 radical (unpaired) electrons. The van der Waals surface area contributed by atoms with Crippen LogP contribution in [-0.4, -0.2) is 41.1 Å². The normalized spacial score (nSPS) is 16.2. The van der Waals surface area contributed by atoms with Crippen molar-refractivity contribution in [2.75, 3.05) is 13.1 Å². The van der Waals surface area contributed by atoms with Gasteiger partial charge in [0.05, 0.1) is 0 Å². The van der Waals surface area contributed by atoms with E-state index in [0.29, 0.717) is 36.5 Å². The van der Waals surface area contributed by atoms with Gasteiger partial charge in [0.1, 0.15) is 0 Å². The minimum Gasteiger partial charge on any atom is -0.465 e. The number of rotatable bonds is 2. The Morgan fingerprint density at radius 3 is 2.32 bits per heavy atom.